The molecule has 3 fully saturated rings. The van der Waals surface area contributed by atoms with Crippen LogP contribution in [0.3, 0.4) is 0 Å². The van der Waals surface area contributed by atoms with E-state index in [1.165, 1.54) is 0 Å². The molecule has 2 saturated carbocycles. The largest absolute Gasteiger partial charge is 0.318 e. The highest BCUT2D eigenvalue weighted by Gasteiger charge is 2.62. The summed E-state index contributed by atoms with van der Waals surface area (Å²) in [5.41, 5.74) is -0.279. The van der Waals surface area contributed by atoms with Gasteiger partial charge in [-0.3, -0.25) is 19.7 Å². The number of benzene rings is 1. The summed E-state index contributed by atoms with van der Waals surface area (Å²) < 4.78 is 29.4. The maximum absolute atomic E-state index is 12.5. The molecule has 0 spiro atoms. The number of hydroxylamine groups is 2. The van der Waals surface area contributed by atoms with Gasteiger partial charge in [-0.15, -0.1) is 9.35 Å². The van der Waals surface area contributed by atoms with Crippen LogP contribution in [0, 0.1) is 33.8 Å². The van der Waals surface area contributed by atoms with Gasteiger partial charge in [-0.1, -0.05) is 0 Å². The van der Waals surface area contributed by atoms with E-state index >= 15 is 0 Å². The first-order valence-electron chi connectivity index (χ1n) is 7.86. The van der Waals surface area contributed by atoms with E-state index in [-0.39, 0.29) is 22.4 Å². The van der Waals surface area contributed by atoms with E-state index in [1.807, 2.05) is 0 Å². The van der Waals surface area contributed by atoms with Crippen molar-refractivity contribution in [2.75, 3.05) is 0 Å². The Bertz CT molecular complexity index is 852. The lowest BCUT2D eigenvalue weighted by atomic mass is 9.81. The highest BCUT2D eigenvalue weighted by molar-refractivity contribution is 7.86. The van der Waals surface area contributed by atoms with Crippen molar-refractivity contribution in [3.8, 4) is 0 Å². The first kappa shape index (κ1) is 16.2. The summed E-state index contributed by atoms with van der Waals surface area (Å²) in [6.45, 7) is 0. The molecule has 0 unspecified atom stereocenters. The number of non-ortho nitro benzene ring substituents is 1. The Morgan fingerprint density at radius 2 is 1.56 bits per heavy atom. The van der Waals surface area contributed by atoms with Gasteiger partial charge in [-0.05, 0) is 43.2 Å². The highest BCUT2D eigenvalue weighted by Crippen LogP contribution is 2.56. The van der Waals surface area contributed by atoms with Crippen molar-refractivity contribution in [2.45, 2.75) is 24.2 Å². The lowest BCUT2D eigenvalue weighted by Crippen LogP contribution is -2.35. The molecule has 132 valence electrons. The second-order valence-corrected chi connectivity index (χ2v) is 8.16. The quantitative estimate of drug-likeness (QED) is 0.446. The van der Waals surface area contributed by atoms with Gasteiger partial charge >= 0.3 is 10.1 Å². The number of carbonyl (C=O) groups excluding carboxylic acids is 2. The topological polar surface area (TPSA) is 124 Å². The third-order valence-electron chi connectivity index (χ3n) is 5.40. The van der Waals surface area contributed by atoms with Crippen LogP contribution in [0.4, 0.5) is 5.69 Å². The molecule has 1 heterocycles. The Labute approximate surface area is 142 Å². The molecule has 2 bridgehead atoms. The molecule has 25 heavy (non-hydrogen) atoms. The van der Waals surface area contributed by atoms with Crippen LogP contribution in [0.25, 0.3) is 0 Å². The Kier molecular flexibility index (Phi) is 3.45. The first-order valence-corrected chi connectivity index (χ1v) is 9.27. The molecular weight excluding hydrogens is 352 g/mol. The van der Waals surface area contributed by atoms with Crippen molar-refractivity contribution in [2.24, 2.45) is 23.7 Å². The number of nitro benzene ring substituents is 1. The summed E-state index contributed by atoms with van der Waals surface area (Å²) in [7, 11) is -4.44. The van der Waals surface area contributed by atoms with Crippen molar-refractivity contribution in [3.05, 3.63) is 34.4 Å². The fourth-order valence-electron chi connectivity index (χ4n) is 4.33. The van der Waals surface area contributed by atoms with E-state index < -0.39 is 38.7 Å². The fourth-order valence-corrected chi connectivity index (χ4v) is 5.23. The predicted octanol–water partition coefficient (Wildman–Crippen LogP) is 1.25. The molecule has 0 aromatic heterocycles. The molecule has 1 aromatic rings. The molecule has 0 N–H and O–H groups in total. The predicted molar refractivity (Wildman–Crippen MR) is 81.0 cm³/mol. The van der Waals surface area contributed by atoms with Gasteiger partial charge in [0.1, 0.15) is 0 Å². The van der Waals surface area contributed by atoms with Gasteiger partial charge in [0, 0.05) is 12.1 Å². The van der Waals surface area contributed by atoms with Gasteiger partial charge in [0.25, 0.3) is 17.5 Å². The molecule has 4 rings (SSSR count). The molecule has 10 heteroatoms. The van der Waals surface area contributed by atoms with Gasteiger partial charge < -0.3 is 0 Å². The molecule has 1 aliphatic heterocycles. The van der Waals surface area contributed by atoms with Crippen LogP contribution in [0.5, 0.6) is 0 Å². The van der Waals surface area contributed by atoms with Crippen LogP contribution >= 0.6 is 0 Å². The van der Waals surface area contributed by atoms with Crippen LogP contribution < -0.4 is 0 Å². The summed E-state index contributed by atoms with van der Waals surface area (Å²) in [5, 5.41) is 11.0. The average Bonchev–Trinajstić information content (AvgIpc) is 3.25. The van der Waals surface area contributed by atoms with Crippen molar-refractivity contribution in [1.82, 2.24) is 5.06 Å². The van der Waals surface area contributed by atoms with E-state index in [1.54, 1.807) is 0 Å². The fraction of sp³-hybridized carbons (Fsp3) is 0.467. The third-order valence-corrected chi connectivity index (χ3v) is 6.59. The van der Waals surface area contributed by atoms with Crippen molar-refractivity contribution < 1.29 is 27.2 Å². The minimum Gasteiger partial charge on any atom is -0.272 e. The van der Waals surface area contributed by atoms with E-state index in [4.69, 9.17) is 4.28 Å². The molecule has 9 nitrogen and oxygen atoms in total. The Morgan fingerprint density at radius 1 is 1.04 bits per heavy atom. The van der Waals surface area contributed by atoms with Crippen molar-refractivity contribution >= 4 is 27.6 Å². The second-order valence-electron chi connectivity index (χ2n) is 6.64. The zero-order valence-corrected chi connectivity index (χ0v) is 13.7. The number of nitrogens with zero attached hydrogens (tertiary/aromatic N) is 2. The lowest BCUT2D eigenvalue weighted by Gasteiger charge is -2.18. The van der Waals surface area contributed by atoms with E-state index in [2.05, 4.69) is 0 Å². The smallest absolute Gasteiger partial charge is 0.272 e. The van der Waals surface area contributed by atoms with Crippen LogP contribution in [0.1, 0.15) is 19.3 Å². The molecular formula is C15H14N2O7S. The summed E-state index contributed by atoms with van der Waals surface area (Å²) in [6, 6.07) is 4.03. The zero-order valence-electron chi connectivity index (χ0n) is 12.9. The number of fused-ring (bicyclic) bond motifs is 5. The highest BCUT2D eigenvalue weighted by atomic mass is 32.2. The van der Waals surface area contributed by atoms with Gasteiger partial charge in [0.15, 0.2) is 0 Å². The van der Waals surface area contributed by atoms with Crippen LogP contribution in [0.2, 0.25) is 0 Å². The van der Waals surface area contributed by atoms with Gasteiger partial charge in [-0.2, -0.15) is 8.42 Å². The van der Waals surface area contributed by atoms with E-state index in [0.29, 0.717) is 5.06 Å². The summed E-state index contributed by atoms with van der Waals surface area (Å²) >= 11 is 0. The number of imide groups is 1. The van der Waals surface area contributed by atoms with Gasteiger partial charge in [0.05, 0.1) is 21.7 Å². The Morgan fingerprint density at radius 3 is 2.04 bits per heavy atom. The van der Waals surface area contributed by atoms with Crippen molar-refractivity contribution in [3.63, 3.8) is 0 Å². The van der Waals surface area contributed by atoms with Crippen LogP contribution in [-0.4, -0.2) is 30.2 Å². The van der Waals surface area contributed by atoms with Gasteiger partial charge in [0.2, 0.25) is 0 Å². The zero-order chi connectivity index (χ0) is 17.9. The number of rotatable bonds is 4. The SMILES string of the molecule is O=C1[C@@H]2[C@H]3CC[C@@H](C3)[C@H]2C(=O)N1OS(=O)(=O)c1ccc([N+](=O)[O-])cc1. The number of hydrogen-bond donors (Lipinski definition) is 0. The standard InChI is InChI=1S/C15H14N2O7S/c18-14-12-8-1-2-9(7-8)13(12)15(19)16(14)24-25(22,23)11-5-3-10(4-6-11)17(20)21/h3-6,8-9,12-13H,1-2,7H2/t8-,9-,12+,13+/m0/s1. The summed E-state index contributed by atoms with van der Waals surface area (Å²) in [5.74, 6) is -1.96. The third kappa shape index (κ3) is 2.35. The Balaban J connectivity index is 1.58. The maximum atomic E-state index is 12.5. The van der Waals surface area contributed by atoms with E-state index in [0.717, 1.165) is 43.5 Å². The molecule has 2 aliphatic carbocycles. The van der Waals surface area contributed by atoms with E-state index in [9.17, 15) is 28.1 Å². The normalized spacial score (nSPS) is 30.8. The van der Waals surface area contributed by atoms with Crippen LogP contribution in [0.15, 0.2) is 29.2 Å². The number of carbonyl (C=O) groups is 2. The Hall–Kier alpha value is -2.33. The molecule has 1 aromatic carbocycles. The number of amides is 2. The molecule has 1 saturated heterocycles. The first-order chi connectivity index (χ1) is 11.8. The average molecular weight is 366 g/mol. The minimum absolute atomic E-state index is 0.113. The number of hydrogen-bond acceptors (Lipinski definition) is 7. The van der Waals surface area contributed by atoms with Crippen LogP contribution in [-0.2, 0) is 24.0 Å². The van der Waals surface area contributed by atoms with Crippen molar-refractivity contribution in [1.29, 1.82) is 0 Å². The number of nitro groups is 1. The maximum Gasteiger partial charge on any atom is 0.318 e. The second kappa shape index (κ2) is 5.33. The van der Waals surface area contributed by atoms with Gasteiger partial charge in [-0.25, -0.2) is 0 Å². The summed E-state index contributed by atoms with van der Waals surface area (Å²) in [4.78, 5) is 34.5. The lowest BCUT2D eigenvalue weighted by molar-refractivity contribution is -0.384. The monoisotopic (exact) mass is 366 g/mol. The minimum atomic E-state index is -4.44. The summed E-state index contributed by atoms with van der Waals surface area (Å²) in [6.07, 6.45) is 2.57. The molecule has 0 radical (unpaired) electrons. The molecule has 3 aliphatic rings. The molecule has 4 atom stereocenters. The molecule has 2 amide bonds.